The molecule has 0 N–H and O–H groups in total. The molecule has 0 aromatic heterocycles. The summed E-state index contributed by atoms with van der Waals surface area (Å²) in [7, 11) is 0.565. The fourth-order valence-corrected chi connectivity index (χ4v) is 6.49. The average Bonchev–Trinajstić information content (AvgIpc) is 2.71. The third kappa shape index (κ3) is 4.95. The van der Waals surface area contributed by atoms with Crippen LogP contribution in [0.25, 0.3) is 0 Å². The number of hydrogen-bond donors (Lipinski definition) is 0. The van der Waals surface area contributed by atoms with Crippen molar-refractivity contribution in [3.63, 3.8) is 0 Å². The van der Waals surface area contributed by atoms with Crippen molar-refractivity contribution in [1.82, 2.24) is 0 Å². The number of ether oxygens (including phenoxy) is 2. The van der Waals surface area contributed by atoms with Crippen molar-refractivity contribution in [2.24, 2.45) is 0 Å². The quantitative estimate of drug-likeness (QED) is 0.241. The molecule has 27 heavy (non-hydrogen) atoms. The summed E-state index contributed by atoms with van der Waals surface area (Å²) in [6.45, 7) is 4.62. The van der Waals surface area contributed by atoms with E-state index in [9.17, 15) is 9.59 Å². The fraction of sp³-hybridized carbons (Fsp3) is 0.273. The molecule has 2 aromatic rings. The van der Waals surface area contributed by atoms with Gasteiger partial charge in [0.25, 0.3) is 0 Å². The van der Waals surface area contributed by atoms with Gasteiger partial charge >= 0.3 is 11.9 Å². The molecule has 0 saturated carbocycles. The van der Waals surface area contributed by atoms with Crippen LogP contribution >= 0.6 is 0 Å². The predicted octanol–water partition coefficient (Wildman–Crippen LogP) is 3.59. The van der Waals surface area contributed by atoms with E-state index in [1.54, 1.807) is 6.08 Å². The maximum Gasteiger partial charge on any atom is 0.344 e. The number of carbonyl (C=O) groups is 2. The first-order valence-corrected chi connectivity index (χ1v) is 12.0. The standard InChI is InChI=1S/C22H26O4Si/c1-25-21(23)19(22(24)26-2)15-16-20(17-11-7-5-8-12-17)27(3,4)18-13-9-6-10-14-18/h5-15,20H,16H2,1-4H3. The van der Waals surface area contributed by atoms with Crippen molar-refractivity contribution in [2.75, 3.05) is 14.2 Å². The lowest BCUT2D eigenvalue weighted by molar-refractivity contribution is -0.144. The molecule has 0 heterocycles. The molecular weight excluding hydrogens is 356 g/mol. The van der Waals surface area contributed by atoms with E-state index in [2.05, 4.69) is 49.5 Å². The minimum absolute atomic E-state index is 0.0567. The van der Waals surface area contributed by atoms with Crippen molar-refractivity contribution >= 4 is 25.2 Å². The van der Waals surface area contributed by atoms with E-state index < -0.39 is 20.0 Å². The Labute approximate surface area is 161 Å². The van der Waals surface area contributed by atoms with Crippen LogP contribution in [0.4, 0.5) is 0 Å². The second-order valence-corrected chi connectivity index (χ2v) is 11.6. The van der Waals surface area contributed by atoms with Crippen molar-refractivity contribution in [2.45, 2.75) is 25.1 Å². The van der Waals surface area contributed by atoms with E-state index in [4.69, 9.17) is 9.47 Å². The monoisotopic (exact) mass is 382 g/mol. The Balaban J connectivity index is 2.46. The fourth-order valence-electron chi connectivity index (χ4n) is 3.31. The maximum atomic E-state index is 12.0. The summed E-state index contributed by atoms with van der Waals surface area (Å²) in [6.07, 6.45) is 2.21. The number of carbonyl (C=O) groups excluding carboxylic acids is 2. The molecule has 0 saturated heterocycles. The molecule has 5 heteroatoms. The Kier molecular flexibility index (Phi) is 7.13. The van der Waals surface area contributed by atoms with Crippen molar-refractivity contribution in [3.05, 3.63) is 77.9 Å². The van der Waals surface area contributed by atoms with Crippen LogP contribution < -0.4 is 5.19 Å². The molecule has 0 radical (unpaired) electrons. The number of rotatable bonds is 7. The predicted molar refractivity (Wildman–Crippen MR) is 109 cm³/mol. The van der Waals surface area contributed by atoms with Gasteiger partial charge in [0.15, 0.2) is 0 Å². The molecule has 0 bridgehead atoms. The number of allylic oxidation sites excluding steroid dienone is 1. The Hall–Kier alpha value is -2.66. The van der Waals surface area contributed by atoms with E-state index >= 15 is 0 Å². The summed E-state index contributed by atoms with van der Waals surface area (Å²) in [5.74, 6) is -1.35. The lowest BCUT2D eigenvalue weighted by Gasteiger charge is -2.33. The normalized spacial score (nSPS) is 12.0. The highest BCUT2D eigenvalue weighted by Crippen LogP contribution is 2.31. The van der Waals surface area contributed by atoms with Crippen LogP contribution in [0.5, 0.6) is 0 Å². The molecular formula is C22H26O4Si. The van der Waals surface area contributed by atoms with Crippen LogP contribution in [0.3, 0.4) is 0 Å². The van der Waals surface area contributed by atoms with E-state index in [0.717, 1.165) is 0 Å². The minimum Gasteiger partial charge on any atom is -0.465 e. The van der Waals surface area contributed by atoms with Gasteiger partial charge in [-0.2, -0.15) is 0 Å². The molecule has 0 aliphatic heterocycles. The second-order valence-electron chi connectivity index (χ2n) is 6.89. The van der Waals surface area contributed by atoms with Gasteiger partial charge < -0.3 is 9.47 Å². The first-order valence-electron chi connectivity index (χ1n) is 8.89. The number of methoxy groups -OCH3 is 2. The second kappa shape index (κ2) is 9.32. The van der Waals surface area contributed by atoms with E-state index in [1.807, 2.05) is 24.3 Å². The van der Waals surface area contributed by atoms with Gasteiger partial charge in [0.05, 0.1) is 22.3 Å². The first kappa shape index (κ1) is 20.6. The molecule has 1 unspecified atom stereocenters. The Morgan fingerprint density at radius 3 is 1.85 bits per heavy atom. The van der Waals surface area contributed by atoms with Crippen LogP contribution in [0.1, 0.15) is 17.5 Å². The molecule has 2 aromatic carbocycles. The highest BCUT2D eigenvalue weighted by atomic mass is 28.3. The lowest BCUT2D eigenvalue weighted by atomic mass is 10.1. The lowest BCUT2D eigenvalue weighted by Crippen LogP contribution is -2.47. The average molecular weight is 383 g/mol. The minimum atomic E-state index is -1.96. The molecule has 1 atom stereocenters. The van der Waals surface area contributed by atoms with Crippen molar-refractivity contribution in [1.29, 1.82) is 0 Å². The zero-order valence-corrected chi connectivity index (χ0v) is 17.3. The summed E-state index contributed by atoms with van der Waals surface area (Å²) in [6, 6.07) is 20.7. The maximum absolute atomic E-state index is 12.0. The van der Waals surface area contributed by atoms with Crippen LogP contribution in [0, 0.1) is 0 Å². The van der Waals surface area contributed by atoms with Gasteiger partial charge in [-0.1, -0.05) is 85.0 Å². The van der Waals surface area contributed by atoms with Crippen LogP contribution in [-0.2, 0) is 19.1 Å². The van der Waals surface area contributed by atoms with Crippen molar-refractivity contribution < 1.29 is 19.1 Å². The van der Waals surface area contributed by atoms with Gasteiger partial charge in [-0.3, -0.25) is 0 Å². The molecule has 0 aliphatic rings. The SMILES string of the molecule is COC(=O)C(=CCC(c1ccccc1)[Si](C)(C)c1ccccc1)C(=O)OC. The smallest absolute Gasteiger partial charge is 0.344 e. The molecule has 2 rings (SSSR count). The van der Waals surface area contributed by atoms with Crippen LogP contribution in [-0.4, -0.2) is 34.2 Å². The van der Waals surface area contributed by atoms with E-state index in [-0.39, 0.29) is 11.1 Å². The summed E-state index contributed by atoms with van der Waals surface area (Å²) in [5.41, 5.74) is 1.33. The topological polar surface area (TPSA) is 52.6 Å². The van der Waals surface area contributed by atoms with Crippen LogP contribution in [0.15, 0.2) is 72.3 Å². The number of benzene rings is 2. The van der Waals surface area contributed by atoms with Crippen LogP contribution in [0.2, 0.25) is 13.1 Å². The highest BCUT2D eigenvalue weighted by Gasteiger charge is 2.34. The number of esters is 2. The Morgan fingerprint density at radius 2 is 1.37 bits per heavy atom. The molecule has 0 spiro atoms. The van der Waals surface area contributed by atoms with E-state index in [1.165, 1.54) is 25.0 Å². The Morgan fingerprint density at radius 1 is 0.889 bits per heavy atom. The third-order valence-corrected chi connectivity index (χ3v) is 9.09. The van der Waals surface area contributed by atoms with Gasteiger partial charge in [0.1, 0.15) is 5.57 Å². The molecule has 0 amide bonds. The van der Waals surface area contributed by atoms with Gasteiger partial charge in [-0.05, 0) is 17.5 Å². The zero-order chi connectivity index (χ0) is 19.9. The summed E-state index contributed by atoms with van der Waals surface area (Å²) < 4.78 is 9.49. The summed E-state index contributed by atoms with van der Waals surface area (Å²) >= 11 is 0. The van der Waals surface area contributed by atoms with Crippen molar-refractivity contribution in [3.8, 4) is 0 Å². The van der Waals surface area contributed by atoms with E-state index in [0.29, 0.717) is 6.42 Å². The molecule has 4 nitrogen and oxygen atoms in total. The molecule has 0 aliphatic carbocycles. The summed E-state index contributed by atoms with van der Waals surface area (Å²) in [5, 5.41) is 1.32. The van der Waals surface area contributed by atoms with Gasteiger partial charge in [-0.25, -0.2) is 9.59 Å². The van der Waals surface area contributed by atoms with Gasteiger partial charge in [-0.15, -0.1) is 0 Å². The molecule has 142 valence electrons. The molecule has 0 fully saturated rings. The zero-order valence-electron chi connectivity index (χ0n) is 16.3. The van der Waals surface area contributed by atoms with Gasteiger partial charge in [0, 0.05) is 0 Å². The van der Waals surface area contributed by atoms with Gasteiger partial charge in [0.2, 0.25) is 0 Å². The number of hydrogen-bond acceptors (Lipinski definition) is 4. The summed E-state index contributed by atoms with van der Waals surface area (Å²) in [4.78, 5) is 24.0. The first-order chi connectivity index (χ1) is 12.9. The third-order valence-electron chi connectivity index (χ3n) is 4.96. The largest absolute Gasteiger partial charge is 0.465 e. The Bertz CT molecular complexity index is 780. The highest BCUT2D eigenvalue weighted by molar-refractivity contribution is 6.90.